The van der Waals surface area contributed by atoms with Crippen molar-refractivity contribution in [3.63, 3.8) is 0 Å². The predicted octanol–water partition coefficient (Wildman–Crippen LogP) is 3.58. The number of halogens is 2. The van der Waals surface area contributed by atoms with Gasteiger partial charge in [0.15, 0.2) is 0 Å². The minimum absolute atomic E-state index is 0.100. The van der Waals surface area contributed by atoms with Gasteiger partial charge < -0.3 is 5.32 Å². The molecular weight excluding hydrogens is 307 g/mol. The summed E-state index contributed by atoms with van der Waals surface area (Å²) in [6.07, 6.45) is 1.12. The summed E-state index contributed by atoms with van der Waals surface area (Å²) in [5.41, 5.74) is 0.810. The second-order valence-electron chi connectivity index (χ2n) is 5.70. The molecule has 1 aromatic carbocycles. The minimum Gasteiger partial charge on any atom is -0.314 e. The van der Waals surface area contributed by atoms with Crippen molar-refractivity contribution in [3.8, 4) is 0 Å². The molecule has 1 N–H and O–H groups in total. The second kappa shape index (κ2) is 6.33. The van der Waals surface area contributed by atoms with Crippen LogP contribution in [0, 0.1) is 11.7 Å². The zero-order chi connectivity index (χ0) is 14.0. The average Bonchev–Trinajstić information content (AvgIpc) is 2.71. The van der Waals surface area contributed by atoms with Crippen LogP contribution < -0.4 is 5.32 Å². The standard InChI is InChI=1S/C15H22BrFN2/c1-10(2)18-9-11-6-7-19(3)15(11)13-8-12(16)4-5-14(13)17/h4-5,8,10-11,15,18H,6-7,9H2,1-3H3. The largest absolute Gasteiger partial charge is 0.314 e. The Morgan fingerprint density at radius 1 is 1.47 bits per heavy atom. The lowest BCUT2D eigenvalue weighted by Gasteiger charge is -2.27. The second-order valence-corrected chi connectivity index (χ2v) is 6.62. The van der Waals surface area contributed by atoms with Crippen LogP contribution in [0.15, 0.2) is 22.7 Å². The van der Waals surface area contributed by atoms with Gasteiger partial charge in [-0.25, -0.2) is 4.39 Å². The van der Waals surface area contributed by atoms with Gasteiger partial charge in [0, 0.05) is 28.7 Å². The summed E-state index contributed by atoms with van der Waals surface area (Å²) in [5, 5.41) is 3.48. The topological polar surface area (TPSA) is 15.3 Å². The van der Waals surface area contributed by atoms with Gasteiger partial charge in [0.2, 0.25) is 0 Å². The molecule has 4 heteroatoms. The molecule has 2 rings (SSSR count). The fourth-order valence-electron chi connectivity index (χ4n) is 2.86. The highest BCUT2D eigenvalue weighted by Gasteiger charge is 2.34. The quantitative estimate of drug-likeness (QED) is 0.908. The molecular formula is C15H22BrFN2. The molecule has 0 radical (unpaired) electrons. The molecule has 2 nitrogen and oxygen atoms in total. The lowest BCUT2D eigenvalue weighted by molar-refractivity contribution is 0.263. The lowest BCUT2D eigenvalue weighted by atomic mass is 9.93. The third-order valence-corrected chi connectivity index (χ3v) is 4.33. The van der Waals surface area contributed by atoms with E-state index >= 15 is 0 Å². The molecule has 19 heavy (non-hydrogen) atoms. The van der Waals surface area contributed by atoms with E-state index in [-0.39, 0.29) is 11.9 Å². The Labute approximate surface area is 123 Å². The SMILES string of the molecule is CC(C)NCC1CCN(C)C1c1cc(Br)ccc1F. The molecule has 1 aliphatic rings. The van der Waals surface area contributed by atoms with Gasteiger partial charge in [0.1, 0.15) is 5.82 Å². The van der Waals surface area contributed by atoms with Crippen molar-refractivity contribution in [1.82, 2.24) is 10.2 Å². The molecule has 2 unspecified atom stereocenters. The fraction of sp³-hybridized carbons (Fsp3) is 0.600. The third-order valence-electron chi connectivity index (χ3n) is 3.84. The maximum absolute atomic E-state index is 14.1. The first kappa shape index (κ1) is 14.9. The van der Waals surface area contributed by atoms with Crippen molar-refractivity contribution in [3.05, 3.63) is 34.1 Å². The number of likely N-dealkylation sites (tertiary alicyclic amines) is 1. The molecule has 1 fully saturated rings. The summed E-state index contributed by atoms with van der Waals surface area (Å²) in [6.45, 7) is 6.26. The number of hydrogen-bond donors (Lipinski definition) is 1. The van der Waals surface area contributed by atoms with E-state index in [1.165, 1.54) is 0 Å². The molecule has 1 heterocycles. The van der Waals surface area contributed by atoms with E-state index in [9.17, 15) is 4.39 Å². The Hall–Kier alpha value is -0.450. The van der Waals surface area contributed by atoms with Crippen LogP contribution in [0.4, 0.5) is 4.39 Å². The molecule has 1 aromatic rings. The fourth-order valence-corrected chi connectivity index (χ4v) is 3.24. The van der Waals surface area contributed by atoms with Crippen LogP contribution >= 0.6 is 15.9 Å². The molecule has 0 saturated carbocycles. The summed E-state index contributed by atoms with van der Waals surface area (Å²) < 4.78 is 15.0. The highest BCUT2D eigenvalue weighted by Crippen LogP contribution is 2.37. The Morgan fingerprint density at radius 2 is 2.21 bits per heavy atom. The molecule has 1 saturated heterocycles. The number of rotatable bonds is 4. The third kappa shape index (κ3) is 3.56. The molecule has 0 aromatic heterocycles. The van der Waals surface area contributed by atoms with Gasteiger partial charge in [-0.05, 0) is 44.1 Å². The zero-order valence-electron chi connectivity index (χ0n) is 11.8. The summed E-state index contributed by atoms with van der Waals surface area (Å²) in [7, 11) is 2.08. The normalized spacial score (nSPS) is 24.3. The van der Waals surface area contributed by atoms with E-state index in [0.29, 0.717) is 12.0 Å². The molecule has 106 valence electrons. The monoisotopic (exact) mass is 328 g/mol. The first-order valence-corrected chi connectivity index (χ1v) is 7.67. The smallest absolute Gasteiger partial charge is 0.128 e. The Balaban J connectivity index is 2.21. The molecule has 0 bridgehead atoms. The summed E-state index contributed by atoms with van der Waals surface area (Å²) in [6, 6.07) is 5.88. The maximum Gasteiger partial charge on any atom is 0.128 e. The summed E-state index contributed by atoms with van der Waals surface area (Å²) >= 11 is 3.44. The van der Waals surface area contributed by atoms with Gasteiger partial charge in [-0.3, -0.25) is 4.90 Å². The van der Waals surface area contributed by atoms with Crippen molar-refractivity contribution >= 4 is 15.9 Å². The van der Waals surface area contributed by atoms with Crippen LogP contribution in [-0.2, 0) is 0 Å². The van der Waals surface area contributed by atoms with Gasteiger partial charge in [-0.2, -0.15) is 0 Å². The van der Waals surface area contributed by atoms with Crippen molar-refractivity contribution in [2.75, 3.05) is 20.1 Å². The average molecular weight is 329 g/mol. The Bertz CT molecular complexity index is 436. The molecule has 0 amide bonds. The van der Waals surface area contributed by atoms with Crippen molar-refractivity contribution in [2.24, 2.45) is 5.92 Å². The molecule has 0 aliphatic carbocycles. The van der Waals surface area contributed by atoms with E-state index in [1.54, 1.807) is 12.1 Å². The Kier molecular flexibility index (Phi) is 4.98. The van der Waals surface area contributed by atoms with Crippen LogP contribution in [-0.4, -0.2) is 31.1 Å². The highest BCUT2D eigenvalue weighted by atomic mass is 79.9. The van der Waals surface area contributed by atoms with Crippen LogP contribution in [0.1, 0.15) is 31.9 Å². The summed E-state index contributed by atoms with van der Waals surface area (Å²) in [4.78, 5) is 2.26. The zero-order valence-corrected chi connectivity index (χ0v) is 13.4. The molecule has 2 atom stereocenters. The number of benzene rings is 1. The van der Waals surface area contributed by atoms with Gasteiger partial charge in [0.05, 0.1) is 0 Å². The minimum atomic E-state index is -0.100. The molecule has 0 spiro atoms. The van der Waals surface area contributed by atoms with E-state index in [0.717, 1.165) is 29.5 Å². The van der Waals surface area contributed by atoms with E-state index < -0.39 is 0 Å². The van der Waals surface area contributed by atoms with E-state index in [1.807, 2.05) is 6.07 Å². The van der Waals surface area contributed by atoms with Gasteiger partial charge in [-0.15, -0.1) is 0 Å². The highest BCUT2D eigenvalue weighted by molar-refractivity contribution is 9.10. The summed E-state index contributed by atoms with van der Waals surface area (Å²) in [5.74, 6) is 0.368. The lowest BCUT2D eigenvalue weighted by Crippen LogP contribution is -2.32. The number of nitrogens with zero attached hydrogens (tertiary/aromatic N) is 1. The molecule has 1 aliphatic heterocycles. The van der Waals surface area contributed by atoms with E-state index in [2.05, 4.69) is 47.0 Å². The maximum atomic E-state index is 14.1. The van der Waals surface area contributed by atoms with Crippen LogP contribution in [0.2, 0.25) is 0 Å². The Morgan fingerprint density at radius 3 is 2.89 bits per heavy atom. The van der Waals surface area contributed by atoms with E-state index in [4.69, 9.17) is 0 Å². The van der Waals surface area contributed by atoms with Crippen molar-refractivity contribution < 1.29 is 4.39 Å². The van der Waals surface area contributed by atoms with Crippen molar-refractivity contribution in [1.29, 1.82) is 0 Å². The van der Waals surface area contributed by atoms with Crippen molar-refractivity contribution in [2.45, 2.75) is 32.4 Å². The van der Waals surface area contributed by atoms with Gasteiger partial charge in [0.25, 0.3) is 0 Å². The number of hydrogen-bond acceptors (Lipinski definition) is 2. The number of nitrogens with one attached hydrogen (secondary N) is 1. The van der Waals surface area contributed by atoms with Gasteiger partial charge in [-0.1, -0.05) is 29.8 Å². The first-order valence-electron chi connectivity index (χ1n) is 6.87. The van der Waals surface area contributed by atoms with Crippen LogP contribution in [0.25, 0.3) is 0 Å². The van der Waals surface area contributed by atoms with Crippen LogP contribution in [0.3, 0.4) is 0 Å². The van der Waals surface area contributed by atoms with Crippen LogP contribution in [0.5, 0.6) is 0 Å². The predicted molar refractivity (Wildman–Crippen MR) is 80.7 cm³/mol. The first-order chi connectivity index (χ1) is 8.99. The van der Waals surface area contributed by atoms with Gasteiger partial charge >= 0.3 is 0 Å².